The van der Waals surface area contributed by atoms with E-state index in [-0.39, 0.29) is 6.54 Å². The van der Waals surface area contributed by atoms with E-state index in [4.69, 9.17) is 9.92 Å². The fourth-order valence-electron chi connectivity index (χ4n) is 3.80. The van der Waals surface area contributed by atoms with E-state index in [1.165, 1.54) is 13.2 Å². The molecule has 3 aromatic rings. The number of halogens is 2. The predicted octanol–water partition coefficient (Wildman–Crippen LogP) is 3.54. The SMILES string of the molecule is CN1CC(c2cc(Nc3nccc4cc(Br)cnc34)ccc2F)NC(=BOC#N)C(C)(C)S1=O. The maximum absolute atomic E-state index is 15.0. The Balaban J connectivity index is 1.71. The van der Waals surface area contributed by atoms with Crippen LogP contribution in [-0.2, 0) is 15.6 Å². The van der Waals surface area contributed by atoms with Gasteiger partial charge in [-0.05, 0) is 15.9 Å². The second kappa shape index (κ2) is 9.78. The van der Waals surface area contributed by atoms with Gasteiger partial charge in [-0.3, -0.25) is 0 Å². The van der Waals surface area contributed by atoms with E-state index in [9.17, 15) is 4.21 Å². The van der Waals surface area contributed by atoms with Gasteiger partial charge in [0.25, 0.3) is 0 Å². The van der Waals surface area contributed by atoms with Crippen molar-refractivity contribution in [1.82, 2.24) is 19.6 Å². The number of nitriles is 1. The third-order valence-electron chi connectivity index (χ3n) is 5.57. The number of likely N-dealkylation sites (N-methyl/N-ethyl adjacent to an activating group) is 1. The van der Waals surface area contributed by atoms with Crippen LogP contribution in [-0.4, -0.2) is 49.5 Å². The molecule has 0 saturated carbocycles. The zero-order valence-electron chi connectivity index (χ0n) is 18.7. The van der Waals surface area contributed by atoms with E-state index in [1.807, 2.05) is 12.1 Å². The normalized spacial score (nSPS) is 21.2. The maximum atomic E-state index is 15.0. The minimum absolute atomic E-state index is 0.266. The molecule has 8 nitrogen and oxygen atoms in total. The number of rotatable bonds is 4. The summed E-state index contributed by atoms with van der Waals surface area (Å²) in [6.45, 7) is 3.81. The number of nitrogens with zero attached hydrogens (tertiary/aromatic N) is 4. The Kier molecular flexibility index (Phi) is 6.97. The third kappa shape index (κ3) is 4.82. The molecule has 2 aromatic heterocycles. The zero-order chi connectivity index (χ0) is 24.5. The van der Waals surface area contributed by atoms with Crippen molar-refractivity contribution in [3.05, 3.63) is 58.6 Å². The van der Waals surface area contributed by atoms with Crippen molar-refractivity contribution in [3.8, 4) is 6.26 Å². The minimum atomic E-state index is -1.45. The molecule has 0 radical (unpaired) electrons. The second-order valence-corrected chi connectivity index (χ2v) is 11.3. The summed E-state index contributed by atoms with van der Waals surface area (Å²) < 4.78 is 34.5. The topological polar surface area (TPSA) is 103 Å². The standard InChI is InChI=1S/C22H21BBrFN6O2S/c1-22(2)21(23-33-12-26)30-18(11-31(3)34(22)32)16-9-15(4-5-17(16)25)29-20-19-13(6-7-27-20)8-14(24)10-28-19/h4-10,18,30H,11H2,1-3H3,(H,27,29). The van der Waals surface area contributed by atoms with Crippen molar-refractivity contribution in [3.63, 3.8) is 0 Å². The monoisotopic (exact) mass is 542 g/mol. The van der Waals surface area contributed by atoms with Crippen LogP contribution in [0.25, 0.3) is 10.9 Å². The van der Waals surface area contributed by atoms with Crippen molar-refractivity contribution in [1.29, 1.82) is 5.26 Å². The van der Waals surface area contributed by atoms with Gasteiger partial charge in [0.15, 0.2) is 0 Å². The molecule has 12 heteroatoms. The quantitative estimate of drug-likeness (QED) is 0.384. The molecule has 0 bridgehead atoms. The number of aromatic nitrogens is 2. The molecule has 1 aliphatic heterocycles. The van der Waals surface area contributed by atoms with Crippen molar-refractivity contribution < 1.29 is 13.3 Å². The fraction of sp³-hybridized carbons (Fsp3) is 0.273. The number of hydrogen-bond acceptors (Lipinski definition) is 7. The first-order valence-electron chi connectivity index (χ1n) is 10.3. The van der Waals surface area contributed by atoms with Crippen LogP contribution in [0.5, 0.6) is 0 Å². The summed E-state index contributed by atoms with van der Waals surface area (Å²) in [4.78, 5) is 8.84. The van der Waals surface area contributed by atoms with Gasteiger partial charge in [-0.2, -0.15) is 0 Å². The molecule has 2 unspecified atom stereocenters. The van der Waals surface area contributed by atoms with Crippen LogP contribution in [0.1, 0.15) is 25.5 Å². The molecule has 1 saturated heterocycles. The molecule has 0 aliphatic carbocycles. The summed E-state index contributed by atoms with van der Waals surface area (Å²) in [6.07, 6.45) is 4.96. The molecule has 34 heavy (non-hydrogen) atoms. The van der Waals surface area contributed by atoms with E-state index in [0.717, 1.165) is 9.86 Å². The number of benzene rings is 1. The number of hydrogen-bond donors (Lipinski definition) is 2. The molecule has 1 aliphatic rings. The van der Waals surface area contributed by atoms with Crippen molar-refractivity contribution in [2.45, 2.75) is 24.6 Å². The van der Waals surface area contributed by atoms with Gasteiger partial charge in [0, 0.05) is 0 Å². The van der Waals surface area contributed by atoms with Crippen LogP contribution in [0, 0.1) is 17.3 Å². The molecule has 1 aromatic carbocycles. The molecule has 4 rings (SSSR count). The Morgan fingerprint density at radius 3 is 2.94 bits per heavy atom. The van der Waals surface area contributed by atoms with Crippen molar-refractivity contribution >= 4 is 62.0 Å². The molecule has 2 atom stereocenters. The van der Waals surface area contributed by atoms with Crippen LogP contribution < -0.4 is 10.6 Å². The zero-order valence-corrected chi connectivity index (χ0v) is 21.1. The first kappa shape index (κ1) is 24.3. The van der Waals surface area contributed by atoms with Gasteiger partial charge in [-0.1, -0.05) is 0 Å². The van der Waals surface area contributed by atoms with Gasteiger partial charge in [0.05, 0.1) is 0 Å². The van der Waals surface area contributed by atoms with Gasteiger partial charge < -0.3 is 0 Å². The first-order chi connectivity index (χ1) is 16.2. The van der Waals surface area contributed by atoms with Gasteiger partial charge in [-0.25, -0.2) is 0 Å². The Labute approximate surface area is 208 Å². The number of fused-ring (bicyclic) bond motifs is 1. The van der Waals surface area contributed by atoms with Crippen LogP contribution in [0.15, 0.2) is 47.2 Å². The molecule has 3 heterocycles. The van der Waals surface area contributed by atoms with Crippen molar-refractivity contribution in [2.24, 2.45) is 0 Å². The number of anilines is 2. The molecular weight excluding hydrogens is 522 g/mol. The summed E-state index contributed by atoms with van der Waals surface area (Å²) in [5, 5.41) is 16.2. The fourth-order valence-corrected chi connectivity index (χ4v) is 5.51. The summed E-state index contributed by atoms with van der Waals surface area (Å²) in [7, 11) is 1.49. The number of pyridine rings is 2. The Morgan fingerprint density at radius 1 is 1.38 bits per heavy atom. The Hall–Kier alpha value is -2.88. The molecule has 1 fully saturated rings. The van der Waals surface area contributed by atoms with Crippen LogP contribution in [0.2, 0.25) is 0 Å². The van der Waals surface area contributed by atoms with Gasteiger partial charge in [0.1, 0.15) is 0 Å². The summed E-state index contributed by atoms with van der Waals surface area (Å²) >= 11 is 3.42. The van der Waals surface area contributed by atoms with E-state index in [0.29, 0.717) is 28.2 Å². The molecule has 2 N–H and O–H groups in total. The molecule has 0 spiro atoms. The second-order valence-electron chi connectivity index (χ2n) is 8.25. The average Bonchev–Trinajstić information content (AvgIpc) is 2.88. The van der Waals surface area contributed by atoms with E-state index < -0.39 is 27.6 Å². The summed E-state index contributed by atoms with van der Waals surface area (Å²) in [5.41, 5.74) is 2.10. The first-order valence-corrected chi connectivity index (χ1v) is 12.2. The average molecular weight is 543 g/mol. The van der Waals surface area contributed by atoms with E-state index in [2.05, 4.69) is 36.5 Å². The Morgan fingerprint density at radius 2 is 2.18 bits per heavy atom. The molecule has 174 valence electrons. The van der Waals surface area contributed by atoms with E-state index in [1.54, 1.807) is 56.0 Å². The third-order valence-corrected chi connectivity index (χ3v) is 7.81. The van der Waals surface area contributed by atoms with E-state index >= 15 is 4.39 Å². The summed E-state index contributed by atoms with van der Waals surface area (Å²) in [5.74, 6) is 0.120. The summed E-state index contributed by atoms with van der Waals surface area (Å²) in [6, 6.07) is 7.92. The molecule has 0 amide bonds. The van der Waals surface area contributed by atoms with Crippen LogP contribution in [0.3, 0.4) is 0 Å². The van der Waals surface area contributed by atoms with Crippen molar-refractivity contribution in [2.75, 3.05) is 18.9 Å². The van der Waals surface area contributed by atoms with Crippen LogP contribution in [0.4, 0.5) is 15.9 Å². The van der Waals surface area contributed by atoms with Crippen LogP contribution >= 0.6 is 15.9 Å². The van der Waals surface area contributed by atoms with Gasteiger partial charge in [-0.15, -0.1) is 0 Å². The van der Waals surface area contributed by atoms with Gasteiger partial charge >= 0.3 is 193 Å². The predicted molar refractivity (Wildman–Crippen MR) is 135 cm³/mol. The number of nitrogens with one attached hydrogen (secondary N) is 2. The van der Waals surface area contributed by atoms with Gasteiger partial charge in [0.2, 0.25) is 0 Å². The Bertz CT molecular complexity index is 1350. The molecular formula is C22H21BBrFN6O2S.